The summed E-state index contributed by atoms with van der Waals surface area (Å²) in [6.07, 6.45) is 0. The van der Waals surface area contributed by atoms with Crippen LogP contribution in [0, 0.1) is 0 Å². The van der Waals surface area contributed by atoms with Gasteiger partial charge in [-0.25, -0.2) is 0 Å². The molecule has 1 rings (SSSR count). The molecule has 1 amide bonds. The summed E-state index contributed by atoms with van der Waals surface area (Å²) in [5, 5.41) is 2.98. The molecule has 94 valence electrons. The minimum atomic E-state index is -0.345. The van der Waals surface area contributed by atoms with Gasteiger partial charge in [0.1, 0.15) is 0 Å². The molecule has 0 saturated carbocycles. The number of hydrogen-bond donors (Lipinski definition) is 1. The first-order chi connectivity index (χ1) is 8.06. The predicted molar refractivity (Wildman–Crippen MR) is 70.3 cm³/mol. The highest BCUT2D eigenvalue weighted by molar-refractivity contribution is 6.39. The van der Waals surface area contributed by atoms with Crippen molar-refractivity contribution in [2.24, 2.45) is 0 Å². The zero-order valence-electron chi connectivity index (χ0n) is 9.17. The van der Waals surface area contributed by atoms with Gasteiger partial charge in [0.25, 0.3) is 5.91 Å². The van der Waals surface area contributed by atoms with Crippen LogP contribution in [0.4, 0.5) is 0 Å². The number of nitrogens with one attached hydrogen (secondary N) is 1. The highest BCUT2D eigenvalue weighted by Gasteiger charge is 2.15. The molecule has 0 saturated heterocycles. The number of carbonyl (C=O) groups is 1. The first-order valence-corrected chi connectivity index (χ1v) is 6.10. The van der Waals surface area contributed by atoms with Crippen molar-refractivity contribution in [3.05, 3.63) is 33.8 Å². The van der Waals surface area contributed by atoms with Gasteiger partial charge in [0, 0.05) is 13.7 Å². The van der Waals surface area contributed by atoms with Crippen molar-refractivity contribution in [2.45, 2.75) is 5.38 Å². The standard InChI is InChI=1S/C11H12Cl3NO2/c1-17-6-7(12)5-15-11(16)10-8(13)3-2-4-9(10)14/h2-4,7H,5-6H2,1H3,(H,15,16). The maximum Gasteiger partial charge on any atom is 0.254 e. The van der Waals surface area contributed by atoms with Gasteiger partial charge in [0.05, 0.1) is 27.6 Å². The Morgan fingerprint density at radius 1 is 1.41 bits per heavy atom. The Labute approximate surface area is 115 Å². The number of alkyl halides is 1. The minimum absolute atomic E-state index is 0.261. The SMILES string of the molecule is COCC(Cl)CNC(=O)c1c(Cl)cccc1Cl. The molecule has 0 spiro atoms. The van der Waals surface area contributed by atoms with Crippen LogP contribution in [-0.4, -0.2) is 31.5 Å². The summed E-state index contributed by atoms with van der Waals surface area (Å²) >= 11 is 17.7. The first-order valence-electron chi connectivity index (χ1n) is 4.91. The zero-order valence-corrected chi connectivity index (χ0v) is 11.4. The molecule has 1 atom stereocenters. The van der Waals surface area contributed by atoms with Gasteiger partial charge >= 0.3 is 0 Å². The molecule has 0 aliphatic heterocycles. The Morgan fingerprint density at radius 3 is 2.53 bits per heavy atom. The smallest absolute Gasteiger partial charge is 0.254 e. The summed E-state index contributed by atoms with van der Waals surface area (Å²) in [6.45, 7) is 0.647. The second kappa shape index (κ2) is 7.07. The maximum atomic E-state index is 11.8. The number of rotatable bonds is 5. The van der Waals surface area contributed by atoms with E-state index in [9.17, 15) is 4.79 Å². The number of amides is 1. The van der Waals surface area contributed by atoms with Crippen molar-refractivity contribution in [2.75, 3.05) is 20.3 Å². The molecule has 0 aliphatic rings. The fourth-order valence-electron chi connectivity index (χ4n) is 1.25. The molecule has 1 N–H and O–H groups in total. The quantitative estimate of drug-likeness (QED) is 0.848. The van der Waals surface area contributed by atoms with Crippen LogP contribution < -0.4 is 5.32 Å². The van der Waals surface area contributed by atoms with E-state index in [1.54, 1.807) is 25.3 Å². The van der Waals surface area contributed by atoms with E-state index in [0.717, 1.165) is 0 Å². The molecular weight excluding hydrogens is 284 g/mol. The van der Waals surface area contributed by atoms with Crippen LogP contribution >= 0.6 is 34.8 Å². The molecule has 0 heterocycles. The summed E-state index contributed by atoms with van der Waals surface area (Å²) in [5.74, 6) is -0.345. The number of methoxy groups -OCH3 is 1. The molecular formula is C11H12Cl3NO2. The molecule has 3 nitrogen and oxygen atoms in total. The Hall–Kier alpha value is -0.480. The van der Waals surface area contributed by atoms with Crippen LogP contribution in [0.2, 0.25) is 10.0 Å². The number of benzene rings is 1. The lowest BCUT2D eigenvalue weighted by Crippen LogP contribution is -2.32. The van der Waals surface area contributed by atoms with Crippen LogP contribution in [0.25, 0.3) is 0 Å². The van der Waals surface area contributed by atoms with Gasteiger partial charge in [-0.15, -0.1) is 11.6 Å². The van der Waals surface area contributed by atoms with E-state index in [-0.39, 0.29) is 23.4 Å². The van der Waals surface area contributed by atoms with E-state index >= 15 is 0 Å². The van der Waals surface area contributed by atoms with E-state index in [2.05, 4.69) is 5.32 Å². The van der Waals surface area contributed by atoms with Crippen LogP contribution in [0.5, 0.6) is 0 Å². The first kappa shape index (κ1) is 14.6. The predicted octanol–water partition coefficient (Wildman–Crippen LogP) is 2.98. The van der Waals surface area contributed by atoms with Gasteiger partial charge < -0.3 is 10.1 Å². The topological polar surface area (TPSA) is 38.3 Å². The maximum absolute atomic E-state index is 11.8. The Kier molecular flexibility index (Phi) is 6.06. The normalized spacial score (nSPS) is 12.2. The van der Waals surface area contributed by atoms with Crippen molar-refractivity contribution >= 4 is 40.7 Å². The van der Waals surface area contributed by atoms with Gasteiger partial charge in [0.15, 0.2) is 0 Å². The highest BCUT2D eigenvalue weighted by atomic mass is 35.5. The lowest BCUT2D eigenvalue weighted by molar-refractivity contribution is 0.0949. The molecule has 0 radical (unpaired) electrons. The van der Waals surface area contributed by atoms with Gasteiger partial charge in [-0.2, -0.15) is 0 Å². The molecule has 0 fully saturated rings. The van der Waals surface area contributed by atoms with E-state index < -0.39 is 0 Å². The third kappa shape index (κ3) is 4.36. The number of carbonyl (C=O) groups excluding carboxylic acids is 1. The number of halogens is 3. The fraction of sp³-hybridized carbons (Fsp3) is 0.364. The summed E-state index contributed by atoms with van der Waals surface area (Å²) < 4.78 is 4.85. The second-order valence-corrected chi connectivity index (χ2v) is 4.79. The van der Waals surface area contributed by atoms with Crippen LogP contribution in [-0.2, 0) is 4.74 Å². The van der Waals surface area contributed by atoms with Gasteiger partial charge in [-0.3, -0.25) is 4.79 Å². The van der Waals surface area contributed by atoms with Gasteiger partial charge in [-0.1, -0.05) is 29.3 Å². The molecule has 0 aromatic heterocycles. The summed E-state index contributed by atoms with van der Waals surface area (Å²) in [5.41, 5.74) is 0.261. The largest absolute Gasteiger partial charge is 0.383 e. The summed E-state index contributed by atoms with van der Waals surface area (Å²) in [4.78, 5) is 11.8. The molecule has 0 aliphatic carbocycles. The van der Waals surface area contributed by atoms with E-state index in [0.29, 0.717) is 16.7 Å². The molecule has 0 bridgehead atoms. The van der Waals surface area contributed by atoms with Crippen molar-refractivity contribution in [1.29, 1.82) is 0 Å². The lowest BCUT2D eigenvalue weighted by atomic mass is 10.2. The minimum Gasteiger partial charge on any atom is -0.383 e. The molecule has 6 heteroatoms. The van der Waals surface area contributed by atoms with Crippen molar-refractivity contribution in [1.82, 2.24) is 5.32 Å². The van der Waals surface area contributed by atoms with E-state index in [1.807, 2.05) is 0 Å². The molecule has 17 heavy (non-hydrogen) atoms. The van der Waals surface area contributed by atoms with Gasteiger partial charge in [0.2, 0.25) is 0 Å². The molecule has 1 unspecified atom stereocenters. The zero-order chi connectivity index (χ0) is 12.8. The number of hydrogen-bond acceptors (Lipinski definition) is 2. The van der Waals surface area contributed by atoms with Crippen LogP contribution in [0.1, 0.15) is 10.4 Å². The fourth-order valence-corrected chi connectivity index (χ4v) is 2.02. The Balaban J connectivity index is 2.64. The Morgan fingerprint density at radius 2 is 2.00 bits per heavy atom. The number of ether oxygens (including phenoxy) is 1. The third-order valence-corrected chi connectivity index (χ3v) is 2.93. The van der Waals surface area contributed by atoms with E-state index in [1.165, 1.54) is 0 Å². The average Bonchev–Trinajstić information content (AvgIpc) is 2.26. The van der Waals surface area contributed by atoms with Crippen molar-refractivity contribution in [3.63, 3.8) is 0 Å². The molecule has 1 aromatic carbocycles. The second-order valence-electron chi connectivity index (χ2n) is 3.36. The Bertz CT molecular complexity index is 378. The third-order valence-electron chi connectivity index (χ3n) is 2.02. The molecule has 1 aromatic rings. The summed E-state index contributed by atoms with van der Waals surface area (Å²) in [7, 11) is 1.54. The van der Waals surface area contributed by atoms with Crippen LogP contribution in [0.15, 0.2) is 18.2 Å². The highest BCUT2D eigenvalue weighted by Crippen LogP contribution is 2.23. The summed E-state index contributed by atoms with van der Waals surface area (Å²) in [6, 6.07) is 4.89. The van der Waals surface area contributed by atoms with E-state index in [4.69, 9.17) is 39.5 Å². The lowest BCUT2D eigenvalue weighted by Gasteiger charge is -2.11. The van der Waals surface area contributed by atoms with Crippen molar-refractivity contribution < 1.29 is 9.53 Å². The monoisotopic (exact) mass is 295 g/mol. The van der Waals surface area contributed by atoms with Crippen LogP contribution in [0.3, 0.4) is 0 Å². The van der Waals surface area contributed by atoms with Crippen molar-refractivity contribution in [3.8, 4) is 0 Å². The van der Waals surface area contributed by atoms with Gasteiger partial charge in [-0.05, 0) is 12.1 Å². The average molecular weight is 297 g/mol.